The van der Waals surface area contributed by atoms with Gasteiger partial charge in [-0.3, -0.25) is 4.79 Å². The monoisotopic (exact) mass is 410 g/mol. The highest BCUT2D eigenvalue weighted by Crippen LogP contribution is 2.11. The smallest absolute Gasteiger partial charge is 0.222 e. The first-order chi connectivity index (χ1) is 14.1. The summed E-state index contributed by atoms with van der Waals surface area (Å²) in [5.41, 5.74) is 0. The predicted octanol–water partition coefficient (Wildman–Crippen LogP) is 5.80. The van der Waals surface area contributed by atoms with Crippen molar-refractivity contribution in [2.24, 2.45) is 0 Å². The van der Waals surface area contributed by atoms with Gasteiger partial charge in [0.2, 0.25) is 5.91 Å². The van der Waals surface area contributed by atoms with Crippen molar-refractivity contribution >= 4 is 5.91 Å². The molecule has 1 N–H and O–H groups in total. The van der Waals surface area contributed by atoms with Crippen LogP contribution in [0.5, 0.6) is 0 Å². The van der Waals surface area contributed by atoms with E-state index in [1.54, 1.807) is 0 Å². The first-order valence-electron chi connectivity index (χ1n) is 12.3. The number of allylic oxidation sites excluding steroid dienone is 2. The number of aliphatic hydroxyl groups is 1. The van der Waals surface area contributed by atoms with Crippen molar-refractivity contribution < 1.29 is 9.90 Å². The van der Waals surface area contributed by atoms with Gasteiger partial charge in [0.25, 0.3) is 0 Å². The van der Waals surface area contributed by atoms with Crippen LogP contribution in [0.15, 0.2) is 12.2 Å². The quantitative estimate of drug-likeness (QED) is 0.192. The van der Waals surface area contributed by atoms with Crippen molar-refractivity contribution in [1.82, 2.24) is 9.80 Å². The van der Waals surface area contributed by atoms with E-state index >= 15 is 0 Å². The van der Waals surface area contributed by atoms with E-state index in [9.17, 15) is 9.90 Å². The molecule has 0 aromatic carbocycles. The maximum atomic E-state index is 12.3. The molecule has 4 heteroatoms. The molecule has 0 saturated carbocycles. The fourth-order valence-corrected chi connectivity index (χ4v) is 3.56. The van der Waals surface area contributed by atoms with Crippen LogP contribution in [-0.4, -0.2) is 61.2 Å². The lowest BCUT2D eigenvalue weighted by molar-refractivity contribution is -0.132. The van der Waals surface area contributed by atoms with Gasteiger partial charge < -0.3 is 14.9 Å². The molecule has 0 spiro atoms. The van der Waals surface area contributed by atoms with E-state index in [-0.39, 0.29) is 12.5 Å². The summed E-state index contributed by atoms with van der Waals surface area (Å²) >= 11 is 0. The molecule has 0 fully saturated rings. The minimum atomic E-state index is 0.0556. The van der Waals surface area contributed by atoms with Gasteiger partial charge in [0, 0.05) is 19.5 Å². The maximum absolute atomic E-state index is 12.3. The molecular weight excluding hydrogens is 360 g/mol. The number of amides is 1. The molecule has 29 heavy (non-hydrogen) atoms. The molecule has 0 aliphatic carbocycles. The van der Waals surface area contributed by atoms with Crippen molar-refractivity contribution in [2.75, 3.05) is 40.3 Å². The van der Waals surface area contributed by atoms with Crippen molar-refractivity contribution in [2.45, 2.75) is 103 Å². The van der Waals surface area contributed by atoms with E-state index in [0.717, 1.165) is 32.4 Å². The van der Waals surface area contributed by atoms with Gasteiger partial charge >= 0.3 is 0 Å². The van der Waals surface area contributed by atoms with Gasteiger partial charge in [-0.25, -0.2) is 0 Å². The lowest BCUT2D eigenvalue weighted by Crippen LogP contribution is -2.35. The molecule has 0 aromatic heterocycles. The van der Waals surface area contributed by atoms with Crippen LogP contribution < -0.4 is 0 Å². The molecule has 0 bridgehead atoms. The summed E-state index contributed by atoms with van der Waals surface area (Å²) in [5.74, 6) is 0.204. The van der Waals surface area contributed by atoms with Gasteiger partial charge in [-0.15, -0.1) is 0 Å². The molecule has 0 heterocycles. The van der Waals surface area contributed by atoms with Crippen LogP contribution in [0.1, 0.15) is 103 Å². The number of hydrogen-bond donors (Lipinski definition) is 1. The van der Waals surface area contributed by atoms with Crippen LogP contribution in [0, 0.1) is 0 Å². The predicted molar refractivity (Wildman–Crippen MR) is 126 cm³/mol. The minimum Gasteiger partial charge on any atom is -0.395 e. The molecule has 0 aliphatic heterocycles. The summed E-state index contributed by atoms with van der Waals surface area (Å²) in [6.45, 7) is 4.52. The highest BCUT2D eigenvalue weighted by molar-refractivity contribution is 5.76. The molecular formula is C25H50N2O2. The second-order valence-electron chi connectivity index (χ2n) is 8.60. The van der Waals surface area contributed by atoms with Gasteiger partial charge in [-0.2, -0.15) is 0 Å². The Kier molecular flexibility index (Phi) is 21.2. The van der Waals surface area contributed by atoms with Gasteiger partial charge in [-0.1, -0.05) is 70.4 Å². The van der Waals surface area contributed by atoms with E-state index in [1.165, 1.54) is 70.6 Å². The lowest BCUT2D eigenvalue weighted by atomic mass is 10.1. The Balaban J connectivity index is 3.55. The molecule has 0 atom stereocenters. The fraction of sp³-hybridized carbons (Fsp3) is 0.880. The first-order valence-corrected chi connectivity index (χ1v) is 12.3. The summed E-state index contributed by atoms with van der Waals surface area (Å²) < 4.78 is 0. The Hall–Kier alpha value is -0.870. The summed E-state index contributed by atoms with van der Waals surface area (Å²) in [4.78, 5) is 16.3. The van der Waals surface area contributed by atoms with Crippen molar-refractivity contribution in [3.05, 3.63) is 12.2 Å². The zero-order chi connectivity index (χ0) is 21.6. The molecule has 0 aliphatic rings. The van der Waals surface area contributed by atoms with Gasteiger partial charge in [0.05, 0.1) is 6.61 Å². The SMILES string of the molecule is CCCCCCCC/C=C\CCCCCCCC(=O)N(CCO)CCCN(C)C. The number of hydrogen-bond acceptors (Lipinski definition) is 3. The summed E-state index contributed by atoms with van der Waals surface area (Å²) in [7, 11) is 4.09. The second-order valence-corrected chi connectivity index (χ2v) is 8.60. The number of carbonyl (C=O) groups is 1. The average Bonchev–Trinajstić information content (AvgIpc) is 2.69. The van der Waals surface area contributed by atoms with Crippen LogP contribution in [0.2, 0.25) is 0 Å². The van der Waals surface area contributed by atoms with E-state index in [4.69, 9.17) is 0 Å². The largest absolute Gasteiger partial charge is 0.395 e. The van der Waals surface area contributed by atoms with E-state index in [1.807, 2.05) is 19.0 Å². The van der Waals surface area contributed by atoms with Crippen molar-refractivity contribution in [3.8, 4) is 0 Å². The molecule has 0 radical (unpaired) electrons. The Morgan fingerprint density at radius 3 is 1.83 bits per heavy atom. The van der Waals surface area contributed by atoms with Crippen LogP contribution in [0.3, 0.4) is 0 Å². The standard InChI is InChI=1S/C25H50N2O2/c1-4-5-6-7-8-9-10-11-12-13-14-15-16-17-18-20-25(29)27(23-24-28)22-19-21-26(2)3/h11-12,28H,4-10,13-24H2,1-3H3/b12-11-. The number of carbonyl (C=O) groups excluding carboxylic acids is 1. The zero-order valence-corrected chi connectivity index (χ0v) is 19.8. The molecule has 0 unspecified atom stereocenters. The summed E-state index contributed by atoms with van der Waals surface area (Å²) in [6.07, 6.45) is 22.9. The topological polar surface area (TPSA) is 43.8 Å². The Bertz CT molecular complexity index is 383. The van der Waals surface area contributed by atoms with E-state index < -0.39 is 0 Å². The fourth-order valence-electron chi connectivity index (χ4n) is 3.56. The zero-order valence-electron chi connectivity index (χ0n) is 19.8. The Morgan fingerprint density at radius 1 is 0.724 bits per heavy atom. The number of aliphatic hydroxyl groups excluding tert-OH is 1. The van der Waals surface area contributed by atoms with Crippen molar-refractivity contribution in [1.29, 1.82) is 0 Å². The van der Waals surface area contributed by atoms with Crippen LogP contribution in [-0.2, 0) is 4.79 Å². The highest BCUT2D eigenvalue weighted by atomic mass is 16.3. The van der Waals surface area contributed by atoms with E-state index in [0.29, 0.717) is 13.0 Å². The third-order valence-corrected chi connectivity index (χ3v) is 5.41. The van der Waals surface area contributed by atoms with Crippen LogP contribution in [0.25, 0.3) is 0 Å². The Labute approximate surface area is 181 Å². The summed E-state index contributed by atoms with van der Waals surface area (Å²) in [6, 6.07) is 0. The average molecular weight is 411 g/mol. The van der Waals surface area contributed by atoms with Crippen LogP contribution >= 0.6 is 0 Å². The third-order valence-electron chi connectivity index (χ3n) is 5.41. The number of unbranched alkanes of at least 4 members (excludes halogenated alkanes) is 11. The van der Waals surface area contributed by atoms with Gasteiger partial charge in [0.1, 0.15) is 0 Å². The maximum Gasteiger partial charge on any atom is 0.222 e. The first kappa shape index (κ1) is 28.1. The van der Waals surface area contributed by atoms with E-state index in [2.05, 4.69) is 24.0 Å². The number of rotatable bonds is 21. The summed E-state index contributed by atoms with van der Waals surface area (Å²) in [5, 5.41) is 9.19. The minimum absolute atomic E-state index is 0.0556. The highest BCUT2D eigenvalue weighted by Gasteiger charge is 2.12. The van der Waals surface area contributed by atoms with Gasteiger partial charge in [0.15, 0.2) is 0 Å². The lowest BCUT2D eigenvalue weighted by Gasteiger charge is -2.22. The molecule has 0 saturated heterocycles. The third kappa shape index (κ3) is 20.2. The molecule has 4 nitrogen and oxygen atoms in total. The second kappa shape index (κ2) is 21.8. The van der Waals surface area contributed by atoms with Gasteiger partial charge in [-0.05, 0) is 59.2 Å². The molecule has 172 valence electrons. The Morgan fingerprint density at radius 2 is 1.28 bits per heavy atom. The normalized spacial score (nSPS) is 11.6. The van der Waals surface area contributed by atoms with Crippen LogP contribution in [0.4, 0.5) is 0 Å². The molecule has 1 amide bonds. The number of nitrogens with zero attached hydrogens (tertiary/aromatic N) is 2. The molecule has 0 rings (SSSR count). The van der Waals surface area contributed by atoms with Crippen molar-refractivity contribution in [3.63, 3.8) is 0 Å². The molecule has 0 aromatic rings.